The van der Waals surface area contributed by atoms with E-state index in [1.54, 1.807) is 20.8 Å². The standard InChI is InChI=1S/C22H21FN4O6S3/c1-4-32-19(30)15-11(3)16(20(31)33-5-2)35-18(15)24-14(28)10-34-22-27-26-21(36-22)25-17(29)12-8-6-7-9-13(12)23/h6-9H,4-5,10H2,1-3H3,(H,24,28)(H,25,26,29). The van der Waals surface area contributed by atoms with Crippen molar-refractivity contribution in [3.8, 4) is 0 Å². The van der Waals surface area contributed by atoms with Crippen molar-refractivity contribution >= 4 is 68.3 Å². The number of rotatable bonds is 10. The summed E-state index contributed by atoms with van der Waals surface area (Å²) in [5.74, 6) is -3.15. The Kier molecular flexibility index (Phi) is 9.50. The molecule has 0 aliphatic carbocycles. The molecule has 0 unspecified atom stereocenters. The van der Waals surface area contributed by atoms with Crippen LogP contribution in [0, 0.1) is 12.7 Å². The number of nitrogens with zero attached hydrogens (tertiary/aromatic N) is 2. The molecule has 2 aromatic heterocycles. The van der Waals surface area contributed by atoms with Crippen LogP contribution in [0.2, 0.25) is 0 Å². The summed E-state index contributed by atoms with van der Waals surface area (Å²) >= 11 is 2.99. The molecule has 0 saturated heterocycles. The molecular weight excluding hydrogens is 531 g/mol. The Morgan fingerprint density at radius 2 is 1.69 bits per heavy atom. The summed E-state index contributed by atoms with van der Waals surface area (Å²) in [4.78, 5) is 49.7. The zero-order chi connectivity index (χ0) is 26.2. The largest absolute Gasteiger partial charge is 0.462 e. The molecule has 0 radical (unpaired) electrons. The average molecular weight is 553 g/mol. The summed E-state index contributed by atoms with van der Waals surface area (Å²) in [6, 6.07) is 5.53. The van der Waals surface area contributed by atoms with Gasteiger partial charge in [0.15, 0.2) is 4.34 Å². The highest BCUT2D eigenvalue weighted by molar-refractivity contribution is 8.01. The minimum absolute atomic E-state index is 0.0934. The number of carbonyl (C=O) groups is 4. The van der Waals surface area contributed by atoms with Gasteiger partial charge in [-0.2, -0.15) is 0 Å². The Bertz CT molecular complexity index is 1290. The summed E-state index contributed by atoms with van der Waals surface area (Å²) in [5, 5.41) is 13.2. The highest BCUT2D eigenvalue weighted by atomic mass is 32.2. The van der Waals surface area contributed by atoms with Crippen molar-refractivity contribution in [2.24, 2.45) is 0 Å². The normalized spacial score (nSPS) is 10.6. The molecule has 1 aromatic carbocycles. The second-order valence-corrected chi connectivity index (χ2v) is 10.1. The summed E-state index contributed by atoms with van der Waals surface area (Å²) in [7, 11) is 0. The number of aromatic nitrogens is 2. The van der Waals surface area contributed by atoms with E-state index in [1.165, 1.54) is 24.3 Å². The van der Waals surface area contributed by atoms with Crippen LogP contribution in [-0.4, -0.2) is 52.9 Å². The lowest BCUT2D eigenvalue weighted by atomic mass is 10.1. The first-order valence-electron chi connectivity index (χ1n) is 10.5. The van der Waals surface area contributed by atoms with Gasteiger partial charge in [0.1, 0.15) is 15.7 Å². The fourth-order valence-corrected chi connectivity index (χ4v) is 5.51. The van der Waals surface area contributed by atoms with Crippen LogP contribution in [0.1, 0.15) is 49.8 Å². The number of nitrogens with one attached hydrogen (secondary N) is 2. The Balaban J connectivity index is 1.65. The summed E-state index contributed by atoms with van der Waals surface area (Å²) in [5.41, 5.74) is 0.323. The number of thioether (sulfide) groups is 1. The summed E-state index contributed by atoms with van der Waals surface area (Å²) < 4.78 is 24.3. The highest BCUT2D eigenvalue weighted by Crippen LogP contribution is 2.35. The van der Waals surface area contributed by atoms with E-state index in [0.29, 0.717) is 9.90 Å². The molecular formula is C22H21FN4O6S3. The monoisotopic (exact) mass is 552 g/mol. The molecule has 2 heterocycles. The Hall–Kier alpha value is -3.36. The molecule has 3 aromatic rings. The molecule has 0 aliphatic rings. The molecule has 0 atom stereocenters. The number of amides is 2. The molecule has 14 heteroatoms. The van der Waals surface area contributed by atoms with Crippen molar-refractivity contribution in [1.29, 1.82) is 0 Å². The van der Waals surface area contributed by atoms with E-state index < -0.39 is 29.6 Å². The van der Waals surface area contributed by atoms with E-state index in [1.807, 2.05) is 0 Å². The predicted molar refractivity (Wildman–Crippen MR) is 135 cm³/mol. The van der Waals surface area contributed by atoms with E-state index in [9.17, 15) is 23.6 Å². The first-order chi connectivity index (χ1) is 17.2. The first-order valence-corrected chi connectivity index (χ1v) is 13.2. The fourth-order valence-electron chi connectivity index (χ4n) is 2.86. The number of thiophene rings is 1. The molecule has 2 N–H and O–H groups in total. The molecule has 0 spiro atoms. The molecule has 0 saturated carbocycles. The third-order valence-corrected chi connectivity index (χ3v) is 7.57. The van der Waals surface area contributed by atoms with Crippen molar-refractivity contribution in [3.05, 3.63) is 51.7 Å². The zero-order valence-electron chi connectivity index (χ0n) is 19.4. The van der Waals surface area contributed by atoms with Crippen molar-refractivity contribution < 1.29 is 33.0 Å². The van der Waals surface area contributed by atoms with Gasteiger partial charge >= 0.3 is 11.9 Å². The Morgan fingerprint density at radius 1 is 1.00 bits per heavy atom. The van der Waals surface area contributed by atoms with Gasteiger partial charge in [-0.3, -0.25) is 14.9 Å². The number of hydrogen-bond acceptors (Lipinski definition) is 11. The average Bonchev–Trinajstić information content (AvgIpc) is 3.42. The van der Waals surface area contributed by atoms with Crippen LogP contribution in [0.4, 0.5) is 14.5 Å². The van der Waals surface area contributed by atoms with E-state index in [2.05, 4.69) is 20.8 Å². The smallest absolute Gasteiger partial charge is 0.348 e. The predicted octanol–water partition coefficient (Wildman–Crippen LogP) is 4.38. The van der Waals surface area contributed by atoms with Gasteiger partial charge in [-0.05, 0) is 38.5 Å². The molecule has 190 valence electrons. The molecule has 3 rings (SSSR count). The molecule has 2 amide bonds. The lowest BCUT2D eigenvalue weighted by Gasteiger charge is -2.06. The third kappa shape index (κ3) is 6.65. The van der Waals surface area contributed by atoms with Crippen LogP contribution in [0.25, 0.3) is 0 Å². The lowest BCUT2D eigenvalue weighted by molar-refractivity contribution is -0.113. The van der Waals surface area contributed by atoms with E-state index >= 15 is 0 Å². The van der Waals surface area contributed by atoms with Crippen molar-refractivity contribution in [3.63, 3.8) is 0 Å². The quantitative estimate of drug-likeness (QED) is 0.213. The van der Waals surface area contributed by atoms with Gasteiger partial charge in [0, 0.05) is 0 Å². The minimum atomic E-state index is -0.671. The third-order valence-electron chi connectivity index (χ3n) is 4.41. The van der Waals surface area contributed by atoms with Gasteiger partial charge in [0.2, 0.25) is 11.0 Å². The van der Waals surface area contributed by atoms with Crippen LogP contribution in [0.3, 0.4) is 0 Å². The summed E-state index contributed by atoms with van der Waals surface area (Å²) in [6.45, 7) is 5.18. The number of esters is 2. The number of halogens is 1. The van der Waals surface area contributed by atoms with Crippen molar-refractivity contribution in [1.82, 2.24) is 10.2 Å². The SMILES string of the molecule is CCOC(=O)c1sc(NC(=O)CSc2nnc(NC(=O)c3ccccc3F)s2)c(C(=O)OCC)c1C. The molecule has 0 bridgehead atoms. The second-order valence-electron chi connectivity index (χ2n) is 6.85. The van der Waals surface area contributed by atoms with Gasteiger partial charge in [0.05, 0.1) is 30.1 Å². The fraction of sp³-hybridized carbons (Fsp3) is 0.273. The van der Waals surface area contributed by atoms with Crippen LogP contribution in [-0.2, 0) is 14.3 Å². The van der Waals surface area contributed by atoms with E-state index in [4.69, 9.17) is 9.47 Å². The van der Waals surface area contributed by atoms with Gasteiger partial charge in [0.25, 0.3) is 5.91 Å². The summed E-state index contributed by atoms with van der Waals surface area (Å²) in [6.07, 6.45) is 0. The first kappa shape index (κ1) is 27.2. The Morgan fingerprint density at radius 3 is 2.39 bits per heavy atom. The maximum atomic E-state index is 13.8. The molecule has 36 heavy (non-hydrogen) atoms. The van der Waals surface area contributed by atoms with E-state index in [0.717, 1.165) is 34.4 Å². The number of benzene rings is 1. The lowest BCUT2D eigenvalue weighted by Crippen LogP contribution is -2.16. The van der Waals surface area contributed by atoms with Gasteiger partial charge < -0.3 is 14.8 Å². The van der Waals surface area contributed by atoms with Crippen molar-refractivity contribution in [2.75, 3.05) is 29.6 Å². The molecule has 10 nitrogen and oxygen atoms in total. The van der Waals surface area contributed by atoms with Crippen LogP contribution in [0.15, 0.2) is 28.6 Å². The minimum Gasteiger partial charge on any atom is -0.462 e. The number of anilines is 2. The maximum Gasteiger partial charge on any atom is 0.348 e. The number of hydrogen-bond donors (Lipinski definition) is 2. The number of ether oxygens (including phenoxy) is 2. The highest BCUT2D eigenvalue weighted by Gasteiger charge is 2.27. The number of carbonyl (C=O) groups excluding carboxylic acids is 4. The molecule has 0 fully saturated rings. The maximum absolute atomic E-state index is 13.8. The van der Waals surface area contributed by atoms with Gasteiger partial charge in [-0.15, -0.1) is 21.5 Å². The Labute approximate surface area is 217 Å². The van der Waals surface area contributed by atoms with Gasteiger partial charge in [-0.25, -0.2) is 14.0 Å². The van der Waals surface area contributed by atoms with E-state index in [-0.39, 0.29) is 45.1 Å². The molecule has 0 aliphatic heterocycles. The van der Waals surface area contributed by atoms with Gasteiger partial charge in [-0.1, -0.05) is 35.2 Å². The topological polar surface area (TPSA) is 137 Å². The van der Waals surface area contributed by atoms with Crippen LogP contribution in [0.5, 0.6) is 0 Å². The van der Waals surface area contributed by atoms with Crippen LogP contribution >= 0.6 is 34.4 Å². The van der Waals surface area contributed by atoms with Crippen LogP contribution < -0.4 is 10.6 Å². The van der Waals surface area contributed by atoms with Crippen molar-refractivity contribution in [2.45, 2.75) is 25.1 Å². The zero-order valence-corrected chi connectivity index (χ0v) is 21.8. The second kappa shape index (κ2) is 12.6.